The van der Waals surface area contributed by atoms with Crippen LogP contribution < -0.4 is 5.32 Å². The average molecular weight is 453 g/mol. The second-order valence-corrected chi connectivity index (χ2v) is 7.64. The third-order valence-corrected chi connectivity index (χ3v) is 5.29. The van der Waals surface area contributed by atoms with Gasteiger partial charge in [-0.3, -0.25) is 19.2 Å². The summed E-state index contributed by atoms with van der Waals surface area (Å²) in [5.41, 5.74) is -0.271. The number of rotatable bonds is 9. The Morgan fingerprint density at radius 2 is 1.88 bits per heavy atom. The van der Waals surface area contributed by atoms with Crippen LogP contribution in [-0.4, -0.2) is 73.3 Å². The summed E-state index contributed by atoms with van der Waals surface area (Å²) in [5, 5.41) is 2.48. The first-order chi connectivity index (χ1) is 15.2. The fourth-order valence-corrected chi connectivity index (χ4v) is 3.42. The number of nitrogens with zero attached hydrogens (tertiary/aromatic N) is 2. The number of esters is 1. The van der Waals surface area contributed by atoms with Crippen molar-refractivity contribution < 1.29 is 32.7 Å². The van der Waals surface area contributed by atoms with Gasteiger partial charge in [-0.15, -0.1) is 0 Å². The predicted molar refractivity (Wildman–Crippen MR) is 111 cm³/mol. The molecule has 0 atom stereocenters. The number of carbonyl (C=O) groups excluding carboxylic acids is 4. The zero-order valence-electron chi connectivity index (χ0n) is 18.4. The van der Waals surface area contributed by atoms with Gasteiger partial charge in [0.15, 0.2) is 0 Å². The van der Waals surface area contributed by atoms with Crippen LogP contribution in [0.2, 0.25) is 0 Å². The van der Waals surface area contributed by atoms with Crippen LogP contribution in [0.5, 0.6) is 0 Å². The number of benzene rings is 1. The van der Waals surface area contributed by atoms with Crippen LogP contribution in [0.4, 0.5) is 8.78 Å². The minimum atomic E-state index is -0.955. The maximum Gasteiger partial charge on any atom is 0.309 e. The normalized spacial score (nSPS) is 14.1. The number of likely N-dealkylation sites (tertiary alicyclic amines) is 1. The minimum Gasteiger partial charge on any atom is -0.466 e. The molecular weight excluding hydrogens is 424 g/mol. The smallest absolute Gasteiger partial charge is 0.309 e. The molecule has 1 aliphatic heterocycles. The molecule has 0 radical (unpaired) electrons. The van der Waals surface area contributed by atoms with Crippen LogP contribution in [0.1, 0.15) is 43.0 Å². The first kappa shape index (κ1) is 25.2. The molecule has 10 heteroatoms. The Kier molecular flexibility index (Phi) is 9.55. The van der Waals surface area contributed by atoms with E-state index < -0.39 is 17.5 Å². The molecule has 1 aromatic rings. The second-order valence-electron chi connectivity index (χ2n) is 7.64. The summed E-state index contributed by atoms with van der Waals surface area (Å²) in [4.78, 5) is 51.4. The second kappa shape index (κ2) is 12.1. The topological polar surface area (TPSA) is 96.0 Å². The molecule has 1 N–H and O–H groups in total. The Labute approximate surface area is 185 Å². The highest BCUT2D eigenvalue weighted by molar-refractivity contribution is 5.94. The molecule has 32 heavy (non-hydrogen) atoms. The summed E-state index contributed by atoms with van der Waals surface area (Å²) >= 11 is 0. The number of ether oxygens (including phenoxy) is 1. The number of piperidine rings is 1. The van der Waals surface area contributed by atoms with Crippen LogP contribution in [0.25, 0.3) is 0 Å². The lowest BCUT2D eigenvalue weighted by Crippen LogP contribution is -2.45. The number of amides is 3. The molecule has 8 nitrogen and oxygen atoms in total. The predicted octanol–water partition coefficient (Wildman–Crippen LogP) is 1.73. The van der Waals surface area contributed by atoms with Crippen molar-refractivity contribution in [2.75, 3.05) is 39.8 Å². The average Bonchev–Trinajstić information content (AvgIpc) is 2.76. The van der Waals surface area contributed by atoms with Gasteiger partial charge in [0.1, 0.15) is 11.6 Å². The molecule has 0 unspecified atom stereocenters. The highest BCUT2D eigenvalue weighted by Gasteiger charge is 2.28. The molecule has 1 heterocycles. The number of halogens is 2. The van der Waals surface area contributed by atoms with E-state index in [-0.39, 0.29) is 48.8 Å². The third kappa shape index (κ3) is 7.28. The summed E-state index contributed by atoms with van der Waals surface area (Å²) in [6.07, 6.45) is 1.48. The lowest BCUT2D eigenvalue weighted by molar-refractivity contribution is -0.151. The Bertz CT molecular complexity index is 841. The first-order valence-corrected chi connectivity index (χ1v) is 10.6. The van der Waals surface area contributed by atoms with Crippen LogP contribution >= 0.6 is 0 Å². The van der Waals surface area contributed by atoms with Gasteiger partial charge in [0, 0.05) is 39.2 Å². The van der Waals surface area contributed by atoms with E-state index in [2.05, 4.69) is 5.32 Å². The van der Waals surface area contributed by atoms with E-state index >= 15 is 0 Å². The molecule has 1 fully saturated rings. The summed E-state index contributed by atoms with van der Waals surface area (Å²) in [7, 11) is 1.53. The molecule has 2 rings (SSSR count). The van der Waals surface area contributed by atoms with E-state index in [1.165, 1.54) is 11.9 Å². The summed E-state index contributed by atoms with van der Waals surface area (Å²) in [5.74, 6) is -3.30. The van der Waals surface area contributed by atoms with Crippen LogP contribution in [0, 0.1) is 17.6 Å². The summed E-state index contributed by atoms with van der Waals surface area (Å²) in [6, 6.07) is 2.68. The molecule has 1 aromatic carbocycles. The van der Waals surface area contributed by atoms with Crippen molar-refractivity contribution >= 4 is 23.7 Å². The first-order valence-electron chi connectivity index (χ1n) is 10.6. The van der Waals surface area contributed by atoms with Crippen molar-refractivity contribution in [2.24, 2.45) is 5.92 Å². The van der Waals surface area contributed by atoms with Gasteiger partial charge < -0.3 is 19.9 Å². The van der Waals surface area contributed by atoms with E-state index in [1.807, 2.05) is 0 Å². The number of likely N-dealkylation sites (N-methyl/N-ethyl adjacent to an activating group) is 1. The Balaban J connectivity index is 1.68. The fraction of sp³-hybridized carbons (Fsp3) is 0.545. The van der Waals surface area contributed by atoms with Crippen LogP contribution in [0.3, 0.4) is 0 Å². The summed E-state index contributed by atoms with van der Waals surface area (Å²) in [6.45, 7) is 3.02. The zero-order valence-corrected chi connectivity index (χ0v) is 18.4. The molecule has 176 valence electrons. The molecule has 1 saturated heterocycles. The van der Waals surface area contributed by atoms with Gasteiger partial charge >= 0.3 is 5.97 Å². The van der Waals surface area contributed by atoms with Gasteiger partial charge in [-0.25, -0.2) is 8.78 Å². The van der Waals surface area contributed by atoms with Crippen molar-refractivity contribution in [3.63, 3.8) is 0 Å². The summed E-state index contributed by atoms with van der Waals surface area (Å²) < 4.78 is 31.5. The molecule has 0 bridgehead atoms. The van der Waals surface area contributed by atoms with Gasteiger partial charge in [-0.2, -0.15) is 0 Å². The van der Waals surface area contributed by atoms with Gasteiger partial charge in [-0.05, 0) is 38.3 Å². The molecule has 0 saturated carbocycles. The molecule has 1 aliphatic rings. The van der Waals surface area contributed by atoms with E-state index in [0.717, 1.165) is 12.1 Å². The standard InChI is InChI=1S/C22H29F2N3O5/c1-3-32-22(31)15-8-11-27(12-9-15)20(29)14-26(2)19(28)5-4-10-25-21(30)17-7-6-16(23)13-18(17)24/h6-7,13,15H,3-5,8-12,14H2,1-2H3,(H,25,30). The highest BCUT2D eigenvalue weighted by Crippen LogP contribution is 2.19. The number of carbonyl (C=O) groups is 4. The molecule has 0 spiro atoms. The van der Waals surface area contributed by atoms with Gasteiger partial charge in [0.2, 0.25) is 11.8 Å². The lowest BCUT2D eigenvalue weighted by atomic mass is 9.97. The van der Waals surface area contributed by atoms with E-state index in [9.17, 15) is 28.0 Å². The van der Waals surface area contributed by atoms with Gasteiger partial charge in [-0.1, -0.05) is 0 Å². The largest absolute Gasteiger partial charge is 0.466 e. The lowest BCUT2D eigenvalue weighted by Gasteiger charge is -2.32. The molecule has 0 aromatic heterocycles. The fourth-order valence-electron chi connectivity index (χ4n) is 3.42. The van der Waals surface area contributed by atoms with Gasteiger partial charge in [0.25, 0.3) is 5.91 Å². The Morgan fingerprint density at radius 3 is 2.50 bits per heavy atom. The van der Waals surface area contributed by atoms with Crippen molar-refractivity contribution in [2.45, 2.75) is 32.6 Å². The Morgan fingerprint density at radius 1 is 1.19 bits per heavy atom. The van der Waals surface area contributed by atoms with Crippen molar-refractivity contribution in [1.82, 2.24) is 15.1 Å². The maximum absolute atomic E-state index is 13.6. The van der Waals surface area contributed by atoms with Crippen molar-refractivity contribution in [3.8, 4) is 0 Å². The minimum absolute atomic E-state index is 0.0734. The van der Waals surface area contributed by atoms with Crippen molar-refractivity contribution in [1.29, 1.82) is 0 Å². The van der Waals surface area contributed by atoms with E-state index in [1.54, 1.807) is 11.8 Å². The van der Waals surface area contributed by atoms with Gasteiger partial charge in [0.05, 0.1) is 24.6 Å². The number of nitrogens with one attached hydrogen (secondary N) is 1. The quantitative estimate of drug-likeness (QED) is 0.454. The third-order valence-electron chi connectivity index (χ3n) is 5.29. The molecular formula is C22H29F2N3O5. The maximum atomic E-state index is 13.6. The molecule has 0 aliphatic carbocycles. The Hall–Kier alpha value is -3.04. The monoisotopic (exact) mass is 453 g/mol. The highest BCUT2D eigenvalue weighted by atomic mass is 19.1. The van der Waals surface area contributed by atoms with Crippen molar-refractivity contribution in [3.05, 3.63) is 35.4 Å². The zero-order chi connectivity index (χ0) is 23.7. The number of hydrogen-bond donors (Lipinski definition) is 1. The van der Waals surface area contributed by atoms with Crippen LogP contribution in [-0.2, 0) is 19.1 Å². The molecule has 3 amide bonds. The van der Waals surface area contributed by atoms with E-state index in [0.29, 0.717) is 45.0 Å². The number of hydrogen-bond acceptors (Lipinski definition) is 5. The SMILES string of the molecule is CCOC(=O)C1CCN(C(=O)CN(C)C(=O)CCCNC(=O)c2ccc(F)cc2F)CC1. The van der Waals surface area contributed by atoms with E-state index in [4.69, 9.17) is 4.74 Å². The van der Waals surface area contributed by atoms with Crippen LogP contribution in [0.15, 0.2) is 18.2 Å².